The molecule has 0 aromatic carbocycles. The average Bonchev–Trinajstić information content (AvgIpc) is 1.89. The van der Waals surface area contributed by atoms with Crippen LogP contribution in [-0.4, -0.2) is 12.3 Å². The average molecular weight is 322 g/mol. The van der Waals surface area contributed by atoms with Crippen molar-refractivity contribution in [3.8, 4) is 0 Å². The molecule has 2 unspecified atom stereocenters. The van der Waals surface area contributed by atoms with Gasteiger partial charge in [0.1, 0.15) is 0 Å². The van der Waals surface area contributed by atoms with E-state index in [0.29, 0.717) is 22.7 Å². The van der Waals surface area contributed by atoms with Gasteiger partial charge in [-0.2, -0.15) is 5.24 Å². The minimum Gasteiger partial charge on any atom is -0.746 e. The van der Waals surface area contributed by atoms with E-state index < -0.39 is 5.24 Å². The minimum atomic E-state index is -1.56. The van der Waals surface area contributed by atoms with E-state index in [0.717, 1.165) is 12.3 Å². The molecule has 0 bridgehead atoms. The molecule has 2 atom stereocenters. The molecule has 0 fully saturated rings. The van der Waals surface area contributed by atoms with Gasteiger partial charge >= 0.3 is 0 Å². The van der Waals surface area contributed by atoms with Gasteiger partial charge in [0.15, 0.2) is 0 Å². The van der Waals surface area contributed by atoms with Gasteiger partial charge in [-0.05, 0) is 47.8 Å². The summed E-state index contributed by atoms with van der Waals surface area (Å²) in [4.78, 5) is 0. The molecule has 0 aliphatic rings. The highest BCUT2D eigenvalue weighted by molar-refractivity contribution is 8.55. The molecule has 116 valence electrons. The Bertz CT molecular complexity index is 282. The first kappa shape index (κ1) is 20.0. The van der Waals surface area contributed by atoms with Crippen LogP contribution >= 0.6 is 5.24 Å². The predicted molar refractivity (Wildman–Crippen MR) is 97.9 cm³/mol. The lowest BCUT2D eigenvalue weighted by Crippen LogP contribution is -2.17. The molecule has 0 saturated carbocycles. The summed E-state index contributed by atoms with van der Waals surface area (Å²) in [7, 11) is 0. The van der Waals surface area contributed by atoms with Crippen molar-refractivity contribution in [3.05, 3.63) is 0 Å². The van der Waals surface area contributed by atoms with Gasteiger partial charge in [-0.25, -0.2) is 0 Å². The Balaban J connectivity index is 4.36. The third-order valence-electron chi connectivity index (χ3n) is 3.10. The summed E-state index contributed by atoms with van der Waals surface area (Å²) < 4.78 is 0. The highest BCUT2D eigenvalue weighted by Crippen LogP contribution is 2.49. The monoisotopic (exact) mass is 321 g/mol. The SMILES string of the molecule is CC(CC(C)(C)C)CP(=S)([S-])CC(C)CC(C)(C)C. The molecule has 0 heterocycles. The van der Waals surface area contributed by atoms with Crippen LogP contribution in [0.3, 0.4) is 0 Å². The van der Waals surface area contributed by atoms with Crippen LogP contribution < -0.4 is 0 Å². The van der Waals surface area contributed by atoms with Crippen molar-refractivity contribution >= 4 is 29.3 Å². The normalized spacial score (nSPS) is 19.8. The van der Waals surface area contributed by atoms with Crippen molar-refractivity contribution in [1.29, 1.82) is 0 Å². The lowest BCUT2D eigenvalue weighted by molar-refractivity contribution is 0.319. The van der Waals surface area contributed by atoms with Crippen LogP contribution in [0.5, 0.6) is 0 Å². The molecule has 0 aliphatic heterocycles. The van der Waals surface area contributed by atoms with Gasteiger partial charge in [-0.3, -0.25) is 0 Å². The van der Waals surface area contributed by atoms with Gasteiger partial charge in [0, 0.05) is 0 Å². The molecule has 0 amide bonds. The Hall–Kier alpha value is 1.00. The van der Waals surface area contributed by atoms with Crippen LogP contribution in [0.2, 0.25) is 0 Å². The highest BCUT2D eigenvalue weighted by atomic mass is 32.9. The molecule has 0 nitrogen and oxygen atoms in total. The molecular weight excluding hydrogens is 287 g/mol. The third-order valence-corrected chi connectivity index (χ3v) is 7.25. The lowest BCUT2D eigenvalue weighted by atomic mass is 9.86. The van der Waals surface area contributed by atoms with Crippen molar-refractivity contribution in [2.45, 2.75) is 68.2 Å². The number of hydrogen-bond acceptors (Lipinski definition) is 2. The van der Waals surface area contributed by atoms with E-state index in [1.165, 1.54) is 12.8 Å². The first-order valence-electron chi connectivity index (χ1n) is 7.49. The molecular formula is C16H34PS2-. The van der Waals surface area contributed by atoms with Crippen molar-refractivity contribution in [2.75, 3.05) is 12.3 Å². The molecule has 3 heteroatoms. The zero-order valence-corrected chi connectivity index (χ0v) is 16.8. The summed E-state index contributed by atoms with van der Waals surface area (Å²) in [6.07, 6.45) is 4.66. The predicted octanol–water partition coefficient (Wildman–Crippen LogP) is 6.07. The lowest BCUT2D eigenvalue weighted by Gasteiger charge is -2.37. The van der Waals surface area contributed by atoms with Gasteiger partial charge < -0.3 is 12.2 Å². The Kier molecular flexibility index (Phi) is 7.71. The van der Waals surface area contributed by atoms with Gasteiger partial charge in [0.05, 0.1) is 0 Å². The second-order valence-electron chi connectivity index (χ2n) is 8.92. The topological polar surface area (TPSA) is 0 Å². The smallest absolute Gasteiger partial charge is 0.0380 e. The second kappa shape index (κ2) is 7.32. The fraction of sp³-hybridized carbons (Fsp3) is 1.00. The van der Waals surface area contributed by atoms with Gasteiger partial charge in [-0.1, -0.05) is 55.4 Å². The van der Waals surface area contributed by atoms with Gasteiger partial charge in [0.25, 0.3) is 0 Å². The Morgan fingerprint density at radius 2 is 1.11 bits per heavy atom. The van der Waals surface area contributed by atoms with E-state index in [2.05, 4.69) is 55.4 Å². The van der Waals surface area contributed by atoms with Crippen LogP contribution in [0.15, 0.2) is 0 Å². The summed E-state index contributed by atoms with van der Waals surface area (Å²) in [5, 5.41) is -1.56. The van der Waals surface area contributed by atoms with Crippen molar-refractivity contribution in [2.24, 2.45) is 22.7 Å². The zero-order valence-electron chi connectivity index (χ0n) is 14.2. The number of rotatable bonds is 6. The first-order valence-corrected chi connectivity index (χ1v) is 11.7. The molecule has 19 heavy (non-hydrogen) atoms. The zero-order chi connectivity index (χ0) is 15.5. The molecule has 0 aromatic rings. The second-order valence-corrected chi connectivity index (χ2v) is 16.2. The largest absolute Gasteiger partial charge is 0.746 e. The van der Waals surface area contributed by atoms with E-state index in [4.69, 9.17) is 24.1 Å². The maximum absolute atomic E-state index is 5.80. The maximum atomic E-state index is 5.80. The van der Waals surface area contributed by atoms with E-state index in [9.17, 15) is 0 Å². The maximum Gasteiger partial charge on any atom is -0.0380 e. The van der Waals surface area contributed by atoms with Crippen molar-refractivity contribution in [3.63, 3.8) is 0 Å². The van der Waals surface area contributed by atoms with Gasteiger partial charge in [-0.15, -0.1) is 11.8 Å². The Morgan fingerprint density at radius 1 is 0.842 bits per heavy atom. The van der Waals surface area contributed by atoms with Crippen LogP contribution in [0.1, 0.15) is 68.2 Å². The molecule has 0 aliphatic carbocycles. The van der Waals surface area contributed by atoms with Gasteiger partial charge in [0.2, 0.25) is 0 Å². The van der Waals surface area contributed by atoms with Crippen LogP contribution in [0.25, 0.3) is 0 Å². The molecule has 0 aromatic heterocycles. The van der Waals surface area contributed by atoms with E-state index in [1.54, 1.807) is 0 Å². The highest BCUT2D eigenvalue weighted by Gasteiger charge is 2.20. The summed E-state index contributed by atoms with van der Waals surface area (Å²) >= 11 is 11.6. The van der Waals surface area contributed by atoms with Crippen molar-refractivity contribution in [1.82, 2.24) is 0 Å². The van der Waals surface area contributed by atoms with Crippen LogP contribution in [-0.2, 0) is 24.1 Å². The van der Waals surface area contributed by atoms with Crippen molar-refractivity contribution < 1.29 is 0 Å². The molecule has 0 spiro atoms. The summed E-state index contributed by atoms with van der Waals surface area (Å²) in [6.45, 7) is 18.5. The first-order chi connectivity index (χ1) is 8.20. The quantitative estimate of drug-likeness (QED) is 0.430. The molecule has 0 N–H and O–H groups in total. The third kappa shape index (κ3) is 12.5. The fourth-order valence-corrected chi connectivity index (χ4v) is 8.60. The van der Waals surface area contributed by atoms with E-state index in [-0.39, 0.29) is 0 Å². The van der Waals surface area contributed by atoms with E-state index in [1.807, 2.05) is 0 Å². The summed E-state index contributed by atoms with van der Waals surface area (Å²) in [6, 6.07) is 0. The standard InChI is InChI=1S/C16H35PS2/c1-13(9-15(3,4)5)11-17(18,19)12-14(2)10-16(6,7)8/h13-14H,9-12H2,1-8H3,(H,18,19)/p-1. The Morgan fingerprint density at radius 3 is 1.32 bits per heavy atom. The van der Waals surface area contributed by atoms with Crippen LogP contribution in [0.4, 0.5) is 0 Å². The molecule has 0 rings (SSSR count). The Labute approximate surface area is 132 Å². The summed E-state index contributed by atoms with van der Waals surface area (Å²) in [5.74, 6) is 1.34. The molecule has 0 radical (unpaired) electrons. The van der Waals surface area contributed by atoms with Crippen LogP contribution in [0, 0.1) is 22.7 Å². The molecule has 0 saturated heterocycles. The number of hydrogen-bond donors (Lipinski definition) is 0. The fourth-order valence-electron chi connectivity index (χ4n) is 3.24. The summed E-state index contributed by atoms with van der Waals surface area (Å²) in [5.41, 5.74) is 0.780. The minimum absolute atomic E-state index is 0.390. The van der Waals surface area contributed by atoms with E-state index >= 15 is 0 Å².